The Kier molecular flexibility index (Phi) is 4.71. The molecule has 0 saturated carbocycles. The average molecular weight is 349 g/mol. The quantitative estimate of drug-likeness (QED) is 0.607. The van der Waals surface area contributed by atoms with Gasteiger partial charge in [-0.25, -0.2) is 0 Å². The molecular weight excluding hydrogens is 326 g/mol. The Morgan fingerprint density at radius 3 is 2.44 bits per heavy atom. The molecule has 0 spiro atoms. The van der Waals surface area contributed by atoms with Gasteiger partial charge in [0, 0.05) is 18.2 Å². The Morgan fingerprint density at radius 2 is 1.92 bits per heavy atom. The predicted octanol–water partition coefficient (Wildman–Crippen LogP) is 1.60. The number of hydrogen-bond acceptors (Lipinski definition) is 6. The van der Waals surface area contributed by atoms with Crippen molar-refractivity contribution in [2.75, 3.05) is 32.3 Å². The third kappa shape index (κ3) is 3.34. The number of rotatable bonds is 4. The van der Waals surface area contributed by atoms with Crippen LogP contribution in [0.5, 0.6) is 5.75 Å². The molecule has 3 atom stereocenters. The van der Waals surface area contributed by atoms with Crippen molar-refractivity contribution in [3.8, 4) is 5.75 Å². The van der Waals surface area contributed by atoms with Crippen molar-refractivity contribution in [1.29, 1.82) is 0 Å². The van der Waals surface area contributed by atoms with E-state index < -0.39 is 17.7 Å². The molecule has 0 radical (unpaired) electrons. The number of anilines is 1. The second kappa shape index (κ2) is 6.65. The maximum atomic E-state index is 12.9. The van der Waals surface area contributed by atoms with Crippen LogP contribution in [-0.4, -0.2) is 51.1 Å². The number of carbonyl (C=O) groups excluding carboxylic acids is 2. The van der Waals surface area contributed by atoms with Crippen LogP contribution in [0, 0.1) is 11.8 Å². The Hall–Kier alpha value is -2.12. The number of carbonyl (C=O) groups is 2. The van der Waals surface area contributed by atoms with E-state index in [1.54, 1.807) is 36.3 Å². The summed E-state index contributed by atoms with van der Waals surface area (Å²) in [7, 11) is 2.87. The van der Waals surface area contributed by atoms with Crippen LogP contribution in [0.25, 0.3) is 0 Å². The van der Waals surface area contributed by atoms with E-state index in [0.29, 0.717) is 24.6 Å². The molecule has 7 nitrogen and oxygen atoms in total. The molecule has 1 amide bonds. The molecule has 3 rings (SSSR count). The number of hydrogen-bond donors (Lipinski definition) is 0. The van der Waals surface area contributed by atoms with Crippen molar-refractivity contribution < 1.29 is 28.5 Å². The SMILES string of the molecule is COC(=O)C1C(=O)N(c2ccc(OC)cc2)CC1[C@H]1COC(C)(C)O1. The minimum Gasteiger partial charge on any atom is -0.497 e. The lowest BCUT2D eigenvalue weighted by Gasteiger charge is -2.23. The molecule has 136 valence electrons. The summed E-state index contributed by atoms with van der Waals surface area (Å²) in [6.45, 7) is 4.35. The maximum absolute atomic E-state index is 12.9. The van der Waals surface area contributed by atoms with Crippen LogP contribution in [0.2, 0.25) is 0 Å². The van der Waals surface area contributed by atoms with Gasteiger partial charge in [-0.05, 0) is 38.1 Å². The number of esters is 1. The van der Waals surface area contributed by atoms with E-state index in [0.717, 1.165) is 0 Å². The Balaban J connectivity index is 1.87. The number of benzene rings is 1. The van der Waals surface area contributed by atoms with E-state index in [1.807, 2.05) is 13.8 Å². The Labute approximate surface area is 146 Å². The van der Waals surface area contributed by atoms with Gasteiger partial charge in [-0.15, -0.1) is 0 Å². The van der Waals surface area contributed by atoms with E-state index in [9.17, 15) is 9.59 Å². The van der Waals surface area contributed by atoms with E-state index in [1.165, 1.54) is 7.11 Å². The molecule has 0 bridgehead atoms. The van der Waals surface area contributed by atoms with Crippen molar-refractivity contribution in [3.05, 3.63) is 24.3 Å². The molecule has 2 unspecified atom stereocenters. The van der Waals surface area contributed by atoms with Crippen LogP contribution in [0.3, 0.4) is 0 Å². The van der Waals surface area contributed by atoms with Crippen molar-refractivity contribution in [2.45, 2.75) is 25.7 Å². The summed E-state index contributed by atoms with van der Waals surface area (Å²) < 4.78 is 21.5. The monoisotopic (exact) mass is 349 g/mol. The zero-order valence-electron chi connectivity index (χ0n) is 14.9. The fraction of sp³-hybridized carbons (Fsp3) is 0.556. The molecule has 7 heteroatoms. The van der Waals surface area contributed by atoms with Crippen LogP contribution in [0.15, 0.2) is 24.3 Å². The average Bonchev–Trinajstić information content (AvgIpc) is 3.13. The molecular formula is C18H23NO6. The summed E-state index contributed by atoms with van der Waals surface area (Å²) in [6, 6.07) is 7.15. The zero-order chi connectivity index (χ0) is 18.2. The van der Waals surface area contributed by atoms with Gasteiger partial charge in [0.2, 0.25) is 5.91 Å². The fourth-order valence-electron chi connectivity index (χ4n) is 3.41. The highest BCUT2D eigenvalue weighted by molar-refractivity contribution is 6.08. The van der Waals surface area contributed by atoms with E-state index in [2.05, 4.69) is 0 Å². The first-order chi connectivity index (χ1) is 11.9. The van der Waals surface area contributed by atoms with Crippen LogP contribution in [-0.2, 0) is 23.8 Å². The summed E-state index contributed by atoms with van der Waals surface area (Å²) >= 11 is 0. The lowest BCUT2D eigenvalue weighted by atomic mass is 9.90. The molecule has 0 aromatic heterocycles. The van der Waals surface area contributed by atoms with Crippen LogP contribution in [0.4, 0.5) is 5.69 Å². The predicted molar refractivity (Wildman–Crippen MR) is 89.2 cm³/mol. The molecule has 0 N–H and O–H groups in total. The largest absolute Gasteiger partial charge is 0.497 e. The number of nitrogens with zero attached hydrogens (tertiary/aromatic N) is 1. The summed E-state index contributed by atoms with van der Waals surface area (Å²) in [4.78, 5) is 26.7. The molecule has 2 aliphatic rings. The fourth-order valence-corrected chi connectivity index (χ4v) is 3.41. The lowest BCUT2D eigenvalue weighted by Crippen LogP contribution is -2.36. The van der Waals surface area contributed by atoms with Crippen LogP contribution in [0.1, 0.15) is 13.8 Å². The highest BCUT2D eigenvalue weighted by Crippen LogP contribution is 2.38. The normalized spacial score (nSPS) is 28.2. The minimum atomic E-state index is -0.894. The summed E-state index contributed by atoms with van der Waals surface area (Å²) in [5, 5.41) is 0. The minimum absolute atomic E-state index is 0.282. The molecule has 2 saturated heterocycles. The molecule has 0 aliphatic carbocycles. The van der Waals surface area contributed by atoms with E-state index in [4.69, 9.17) is 18.9 Å². The summed E-state index contributed by atoms with van der Waals surface area (Å²) in [5.41, 5.74) is 0.709. The number of ether oxygens (including phenoxy) is 4. The maximum Gasteiger partial charge on any atom is 0.318 e. The third-order valence-corrected chi connectivity index (χ3v) is 4.70. The van der Waals surface area contributed by atoms with Crippen molar-refractivity contribution in [2.24, 2.45) is 11.8 Å². The van der Waals surface area contributed by atoms with Gasteiger partial charge < -0.3 is 23.8 Å². The van der Waals surface area contributed by atoms with Crippen LogP contribution >= 0.6 is 0 Å². The molecule has 2 heterocycles. The second-order valence-corrected chi connectivity index (χ2v) is 6.68. The topological polar surface area (TPSA) is 74.3 Å². The molecule has 2 aliphatic heterocycles. The molecule has 2 fully saturated rings. The number of amides is 1. The molecule has 1 aromatic rings. The first-order valence-electron chi connectivity index (χ1n) is 8.21. The Bertz CT molecular complexity index is 656. The van der Waals surface area contributed by atoms with Gasteiger partial charge in [-0.1, -0.05) is 0 Å². The first-order valence-corrected chi connectivity index (χ1v) is 8.21. The van der Waals surface area contributed by atoms with Gasteiger partial charge in [0.05, 0.1) is 26.9 Å². The van der Waals surface area contributed by atoms with Gasteiger partial charge in [-0.2, -0.15) is 0 Å². The van der Waals surface area contributed by atoms with E-state index >= 15 is 0 Å². The van der Waals surface area contributed by atoms with Crippen molar-refractivity contribution in [3.63, 3.8) is 0 Å². The lowest BCUT2D eigenvalue weighted by molar-refractivity contribution is -0.158. The van der Waals surface area contributed by atoms with Gasteiger partial charge in [-0.3, -0.25) is 9.59 Å². The van der Waals surface area contributed by atoms with Gasteiger partial charge in [0.15, 0.2) is 5.79 Å². The summed E-state index contributed by atoms with van der Waals surface area (Å²) in [6.07, 6.45) is -0.341. The standard InChI is InChI=1S/C18H23NO6/c1-18(2)24-10-14(25-18)13-9-19(16(20)15(13)17(21)23-4)11-5-7-12(22-3)8-6-11/h5-8,13-15H,9-10H2,1-4H3/t13?,14-,15?/m1/s1. The van der Waals surface area contributed by atoms with E-state index in [-0.39, 0.29) is 17.9 Å². The zero-order valence-corrected chi connectivity index (χ0v) is 14.9. The van der Waals surface area contributed by atoms with Gasteiger partial charge in [0.1, 0.15) is 11.7 Å². The van der Waals surface area contributed by atoms with Crippen molar-refractivity contribution >= 4 is 17.6 Å². The van der Waals surface area contributed by atoms with Crippen molar-refractivity contribution in [1.82, 2.24) is 0 Å². The second-order valence-electron chi connectivity index (χ2n) is 6.68. The molecule has 25 heavy (non-hydrogen) atoms. The third-order valence-electron chi connectivity index (χ3n) is 4.70. The van der Waals surface area contributed by atoms with Gasteiger partial charge in [0.25, 0.3) is 0 Å². The first kappa shape index (κ1) is 17.7. The summed E-state index contributed by atoms with van der Waals surface area (Å²) in [5.74, 6) is -2.07. The Morgan fingerprint density at radius 1 is 1.24 bits per heavy atom. The highest BCUT2D eigenvalue weighted by atomic mass is 16.7. The highest BCUT2D eigenvalue weighted by Gasteiger charge is 2.52. The molecule has 1 aromatic carbocycles. The smallest absolute Gasteiger partial charge is 0.318 e. The van der Waals surface area contributed by atoms with Crippen LogP contribution < -0.4 is 9.64 Å². The number of methoxy groups -OCH3 is 2. The van der Waals surface area contributed by atoms with Gasteiger partial charge >= 0.3 is 5.97 Å².